The molecule has 4 rings (SSSR count). The molecule has 0 spiro atoms. The fraction of sp³-hybridized carbons (Fsp3) is 0.219. The zero-order valence-electron chi connectivity index (χ0n) is 22.9. The lowest BCUT2D eigenvalue weighted by Gasteiger charge is -2.03. The van der Waals surface area contributed by atoms with Crippen LogP contribution in [0.5, 0.6) is 0 Å². The first kappa shape index (κ1) is 34.1. The maximum absolute atomic E-state index is 6.92. The minimum atomic E-state index is 0.590. The van der Waals surface area contributed by atoms with E-state index in [0.29, 0.717) is 16.6 Å². The second-order valence-corrected chi connectivity index (χ2v) is 8.56. The molecule has 0 amide bonds. The van der Waals surface area contributed by atoms with E-state index in [-0.39, 0.29) is 0 Å². The Morgan fingerprint density at radius 3 is 1.59 bits per heavy atom. The van der Waals surface area contributed by atoms with Crippen molar-refractivity contribution >= 4 is 29.4 Å². The first-order chi connectivity index (χ1) is 17.8. The van der Waals surface area contributed by atoms with Gasteiger partial charge in [0.05, 0.1) is 10.0 Å². The molecular weight excluding hydrogens is 497 g/mol. The third-order valence-corrected chi connectivity index (χ3v) is 5.61. The molecular formula is C32H41Cl2N3. The number of hydrogen-bond donors (Lipinski definition) is 3. The lowest BCUT2D eigenvalue weighted by Crippen LogP contribution is -1.94. The van der Waals surface area contributed by atoms with Gasteiger partial charge in [0.25, 0.3) is 0 Å². The summed E-state index contributed by atoms with van der Waals surface area (Å²) < 4.78 is 0. The lowest BCUT2D eigenvalue weighted by atomic mass is 10.0. The summed E-state index contributed by atoms with van der Waals surface area (Å²) in [7, 11) is 1.50. The van der Waals surface area contributed by atoms with Crippen LogP contribution in [0.2, 0.25) is 10.0 Å². The first-order valence-corrected chi connectivity index (χ1v) is 13.0. The molecule has 198 valence electrons. The van der Waals surface area contributed by atoms with Crippen LogP contribution >= 0.6 is 23.2 Å². The quantitative estimate of drug-likeness (QED) is 0.228. The van der Waals surface area contributed by atoms with Gasteiger partial charge in [-0.05, 0) is 62.2 Å². The molecule has 5 heteroatoms. The van der Waals surface area contributed by atoms with Crippen molar-refractivity contribution in [2.24, 2.45) is 11.5 Å². The monoisotopic (exact) mass is 537 g/mol. The van der Waals surface area contributed by atoms with Gasteiger partial charge in [-0.25, -0.2) is 0 Å². The fourth-order valence-corrected chi connectivity index (χ4v) is 3.20. The van der Waals surface area contributed by atoms with Gasteiger partial charge in [-0.15, -0.1) is 0 Å². The Morgan fingerprint density at radius 2 is 1.16 bits per heavy atom. The maximum Gasteiger partial charge on any atom is 0.0598 e. The second kappa shape index (κ2) is 20.1. The van der Waals surface area contributed by atoms with E-state index in [9.17, 15) is 0 Å². The summed E-state index contributed by atoms with van der Waals surface area (Å²) in [5, 5.41) is 8.10. The first-order valence-electron chi connectivity index (χ1n) is 12.2. The topological polar surface area (TPSA) is 75.9 Å². The fourth-order valence-electron chi connectivity index (χ4n) is 2.91. The summed E-state index contributed by atoms with van der Waals surface area (Å²) in [6.07, 6.45) is 1.35. The number of aryl methyl sites for hydroxylation is 3. The lowest BCUT2D eigenvalue weighted by molar-refractivity contribution is 1.07. The molecule has 0 saturated heterocycles. The van der Waals surface area contributed by atoms with Gasteiger partial charge in [-0.3, -0.25) is 0 Å². The van der Waals surface area contributed by atoms with Crippen molar-refractivity contribution in [2.75, 3.05) is 7.05 Å². The summed E-state index contributed by atoms with van der Waals surface area (Å²) in [6, 6.07) is 30.1. The Morgan fingerprint density at radius 1 is 0.649 bits per heavy atom. The molecule has 5 N–H and O–H groups in total. The van der Waals surface area contributed by atoms with Crippen LogP contribution in [0.15, 0.2) is 91.0 Å². The molecule has 0 fully saturated rings. The molecule has 4 aromatic rings. The predicted molar refractivity (Wildman–Crippen MR) is 166 cm³/mol. The van der Waals surface area contributed by atoms with Gasteiger partial charge >= 0.3 is 0 Å². The van der Waals surface area contributed by atoms with Crippen molar-refractivity contribution in [3.63, 3.8) is 0 Å². The number of rotatable bonds is 3. The minimum absolute atomic E-state index is 0.590. The predicted octanol–water partition coefficient (Wildman–Crippen LogP) is 9.02. The van der Waals surface area contributed by atoms with Crippen molar-refractivity contribution in [3.8, 4) is 11.1 Å². The van der Waals surface area contributed by atoms with E-state index in [1.807, 2.05) is 63.2 Å². The number of nitrogens with one attached hydrogen (secondary N) is 1. The highest BCUT2D eigenvalue weighted by Gasteiger charge is 2.01. The Bertz CT molecular complexity index is 1160. The van der Waals surface area contributed by atoms with Crippen LogP contribution in [0.1, 0.15) is 41.7 Å². The number of halogens is 2. The van der Waals surface area contributed by atoms with E-state index < -0.39 is 0 Å². The average molecular weight is 539 g/mol. The van der Waals surface area contributed by atoms with Crippen LogP contribution in [0.4, 0.5) is 0 Å². The normalized spacial score (nSPS) is 9.03. The van der Waals surface area contributed by atoms with Crippen molar-refractivity contribution in [2.45, 2.75) is 41.2 Å². The van der Waals surface area contributed by atoms with Gasteiger partial charge in [-0.1, -0.05) is 133 Å². The molecule has 0 radical (unpaired) electrons. The highest BCUT2D eigenvalue weighted by Crippen LogP contribution is 2.28. The van der Waals surface area contributed by atoms with Gasteiger partial charge in [-0.2, -0.15) is 0 Å². The number of benzene rings is 4. The van der Waals surface area contributed by atoms with Gasteiger partial charge in [0, 0.05) is 12.8 Å². The van der Waals surface area contributed by atoms with E-state index in [2.05, 4.69) is 68.1 Å². The number of hydrogen-bond acceptors (Lipinski definition) is 3. The largest absolute Gasteiger partial charge is 0.333 e. The maximum atomic E-state index is 6.92. The molecule has 0 aromatic heterocycles. The summed E-state index contributed by atoms with van der Waals surface area (Å²) in [5.74, 6) is 0. The van der Waals surface area contributed by atoms with E-state index in [4.69, 9.17) is 34.3 Å². The molecule has 0 unspecified atom stereocenters. The van der Waals surface area contributed by atoms with Gasteiger partial charge in [0.15, 0.2) is 0 Å². The highest BCUT2D eigenvalue weighted by molar-refractivity contribution is 6.42. The molecule has 0 aliphatic heterocycles. The van der Waals surface area contributed by atoms with Crippen molar-refractivity contribution in [1.82, 2.24) is 0 Å². The van der Waals surface area contributed by atoms with Gasteiger partial charge < -0.3 is 16.9 Å². The molecule has 37 heavy (non-hydrogen) atoms. The Balaban J connectivity index is 0.000000514. The molecule has 0 bridgehead atoms. The Hall–Kier alpha value is -2.95. The van der Waals surface area contributed by atoms with Crippen molar-refractivity contribution < 1.29 is 0 Å². The van der Waals surface area contributed by atoms with Gasteiger partial charge in [0.2, 0.25) is 0 Å². The molecule has 0 aliphatic carbocycles. The Labute approximate surface area is 234 Å². The SMILES string of the molecule is CC.CN.Cc1ccc(-c2ccc(Cl)c(Cl)c2)cc1.Cc1ccc(CN)cc1.Cc1cccc(C=N)c1. The third-order valence-electron chi connectivity index (χ3n) is 4.87. The zero-order valence-corrected chi connectivity index (χ0v) is 24.4. The smallest absolute Gasteiger partial charge is 0.0598 e. The van der Waals surface area contributed by atoms with Crippen LogP contribution in [0, 0.1) is 26.2 Å². The van der Waals surface area contributed by atoms with Crippen LogP contribution < -0.4 is 11.5 Å². The molecule has 0 aliphatic rings. The third kappa shape index (κ3) is 13.8. The average Bonchev–Trinajstić information content (AvgIpc) is 2.94. The molecule has 0 atom stereocenters. The van der Waals surface area contributed by atoms with Crippen molar-refractivity contribution in [1.29, 1.82) is 5.41 Å². The highest BCUT2D eigenvalue weighted by atomic mass is 35.5. The molecule has 4 aromatic carbocycles. The molecule has 3 nitrogen and oxygen atoms in total. The van der Waals surface area contributed by atoms with E-state index >= 15 is 0 Å². The summed E-state index contributed by atoms with van der Waals surface area (Å²) >= 11 is 11.8. The standard InChI is InChI=1S/C13H10Cl2.C8H11N.C8H9N.C2H6.CH5N/c1-9-2-4-10(5-3-9)11-6-7-12(14)13(15)8-11;1-7-2-4-8(6-9)5-3-7;1-7-3-2-4-8(5-7)6-9;2*1-2/h2-8H,1H3;2-5H,6,9H2,1H3;2-6,9H,1H3;1-2H3;2H2,1H3. The molecule has 0 heterocycles. The Kier molecular flexibility index (Phi) is 18.5. The van der Waals surface area contributed by atoms with Crippen LogP contribution in [-0.2, 0) is 6.54 Å². The van der Waals surface area contributed by atoms with Crippen molar-refractivity contribution in [3.05, 3.63) is 129 Å². The summed E-state index contributed by atoms with van der Waals surface area (Å²) in [6.45, 7) is 10.8. The van der Waals surface area contributed by atoms with Crippen LogP contribution in [-0.4, -0.2) is 13.3 Å². The van der Waals surface area contributed by atoms with Crippen LogP contribution in [0.3, 0.4) is 0 Å². The van der Waals surface area contributed by atoms with E-state index in [0.717, 1.165) is 16.7 Å². The summed E-state index contributed by atoms with van der Waals surface area (Å²) in [4.78, 5) is 0. The van der Waals surface area contributed by atoms with Gasteiger partial charge in [0.1, 0.15) is 0 Å². The zero-order chi connectivity index (χ0) is 28.2. The summed E-state index contributed by atoms with van der Waals surface area (Å²) in [5.41, 5.74) is 18.0. The van der Waals surface area contributed by atoms with E-state index in [1.54, 1.807) is 0 Å². The van der Waals surface area contributed by atoms with E-state index in [1.165, 1.54) is 35.5 Å². The van der Waals surface area contributed by atoms with Crippen LogP contribution in [0.25, 0.3) is 11.1 Å². The molecule has 0 saturated carbocycles. The minimum Gasteiger partial charge on any atom is -0.333 e. The second-order valence-electron chi connectivity index (χ2n) is 7.74. The number of nitrogens with two attached hydrogens (primary N) is 2.